The van der Waals surface area contributed by atoms with Crippen LogP contribution in [0.3, 0.4) is 0 Å². The Morgan fingerprint density at radius 2 is 2.24 bits per heavy atom. The summed E-state index contributed by atoms with van der Waals surface area (Å²) in [4.78, 5) is 18.2. The topological polar surface area (TPSA) is 70.7 Å². The number of aliphatic imine (C=N–C) groups is 1. The Morgan fingerprint density at radius 3 is 2.90 bits per heavy atom. The number of hydrogen-bond acceptors (Lipinski definition) is 2. The summed E-state index contributed by atoms with van der Waals surface area (Å²) in [5.74, 6) is 0.694. The van der Waals surface area contributed by atoms with Gasteiger partial charge in [0.2, 0.25) is 5.91 Å². The molecule has 3 N–H and O–H groups in total. The summed E-state index contributed by atoms with van der Waals surface area (Å²) >= 11 is 0. The number of carbonyl (C=O) groups excluding carboxylic acids is 1. The lowest BCUT2D eigenvalue weighted by molar-refractivity contribution is -0.127. The minimum absolute atomic E-state index is 0.0645. The van der Waals surface area contributed by atoms with Gasteiger partial charge in [0.1, 0.15) is 0 Å². The summed E-state index contributed by atoms with van der Waals surface area (Å²) < 4.78 is 0. The first-order chi connectivity index (χ1) is 10.1. The molecule has 1 fully saturated rings. The smallest absolute Gasteiger partial charge is 0.223 e. The minimum atomic E-state index is 0.0645. The van der Waals surface area contributed by atoms with Gasteiger partial charge in [0.25, 0.3) is 0 Å². The van der Waals surface area contributed by atoms with Crippen molar-refractivity contribution >= 4 is 11.9 Å². The molecule has 0 aliphatic carbocycles. The lowest BCUT2D eigenvalue weighted by Gasteiger charge is -2.24. The van der Waals surface area contributed by atoms with E-state index in [2.05, 4.69) is 29.0 Å². The molecule has 1 aliphatic heterocycles. The Labute approximate surface area is 125 Å². The molecule has 112 valence electrons. The maximum atomic E-state index is 12.0. The van der Waals surface area contributed by atoms with Crippen molar-refractivity contribution in [3.63, 3.8) is 0 Å². The van der Waals surface area contributed by atoms with E-state index in [-0.39, 0.29) is 17.9 Å². The van der Waals surface area contributed by atoms with Crippen molar-refractivity contribution in [3.8, 4) is 0 Å². The second-order valence-electron chi connectivity index (χ2n) is 5.22. The van der Waals surface area contributed by atoms with Crippen LogP contribution in [0.15, 0.2) is 48.0 Å². The van der Waals surface area contributed by atoms with Gasteiger partial charge >= 0.3 is 0 Å². The maximum absolute atomic E-state index is 12.0. The monoisotopic (exact) mass is 286 g/mol. The maximum Gasteiger partial charge on any atom is 0.223 e. The van der Waals surface area contributed by atoms with Gasteiger partial charge in [0.15, 0.2) is 5.96 Å². The second-order valence-corrected chi connectivity index (χ2v) is 5.22. The van der Waals surface area contributed by atoms with E-state index in [4.69, 9.17) is 5.73 Å². The Bertz CT molecular complexity index is 526. The Kier molecular flexibility index (Phi) is 4.98. The molecule has 1 aromatic carbocycles. The van der Waals surface area contributed by atoms with Crippen LogP contribution in [-0.4, -0.2) is 36.9 Å². The summed E-state index contributed by atoms with van der Waals surface area (Å²) in [5.41, 5.74) is 6.93. The fraction of sp³-hybridized carbons (Fsp3) is 0.375. The zero-order valence-corrected chi connectivity index (χ0v) is 12.3. The highest BCUT2D eigenvalue weighted by atomic mass is 16.2. The van der Waals surface area contributed by atoms with E-state index in [1.807, 2.05) is 30.1 Å². The van der Waals surface area contributed by atoms with Crippen LogP contribution in [0.2, 0.25) is 0 Å². The fourth-order valence-electron chi connectivity index (χ4n) is 2.71. The van der Waals surface area contributed by atoms with Crippen molar-refractivity contribution in [1.29, 1.82) is 0 Å². The van der Waals surface area contributed by atoms with Crippen LogP contribution in [0.4, 0.5) is 0 Å². The molecular formula is C16H22N4O. The first-order valence-electron chi connectivity index (χ1n) is 7.08. The molecule has 2 rings (SSSR count). The van der Waals surface area contributed by atoms with Gasteiger partial charge in [0.05, 0.1) is 6.04 Å². The van der Waals surface area contributed by atoms with Crippen LogP contribution in [0.25, 0.3) is 0 Å². The minimum Gasteiger partial charge on any atom is -0.370 e. The summed E-state index contributed by atoms with van der Waals surface area (Å²) in [6.45, 7) is 4.74. The fourth-order valence-corrected chi connectivity index (χ4v) is 2.71. The molecular weight excluding hydrogens is 264 g/mol. The predicted octanol–water partition coefficient (Wildman–Crippen LogP) is 1.30. The van der Waals surface area contributed by atoms with Gasteiger partial charge in [-0.15, -0.1) is 6.58 Å². The third-order valence-corrected chi connectivity index (χ3v) is 3.76. The van der Waals surface area contributed by atoms with E-state index >= 15 is 0 Å². The molecule has 5 heteroatoms. The van der Waals surface area contributed by atoms with Gasteiger partial charge in [-0.05, 0) is 5.56 Å². The summed E-state index contributed by atoms with van der Waals surface area (Å²) in [6.07, 6.45) is 2.23. The van der Waals surface area contributed by atoms with Crippen molar-refractivity contribution in [1.82, 2.24) is 10.2 Å². The first-order valence-corrected chi connectivity index (χ1v) is 7.08. The largest absolute Gasteiger partial charge is 0.370 e. The van der Waals surface area contributed by atoms with E-state index in [0.29, 0.717) is 25.5 Å². The van der Waals surface area contributed by atoms with Crippen molar-refractivity contribution in [2.75, 3.05) is 20.1 Å². The molecule has 0 radical (unpaired) electrons. The molecule has 1 aromatic rings. The normalized spacial score (nSPS) is 22.4. The second kappa shape index (κ2) is 6.92. The number of benzene rings is 1. The van der Waals surface area contributed by atoms with E-state index in [9.17, 15) is 4.79 Å². The van der Waals surface area contributed by atoms with Crippen LogP contribution in [-0.2, 0) is 4.79 Å². The molecule has 0 bridgehead atoms. The summed E-state index contributed by atoms with van der Waals surface area (Å²) in [7, 11) is 1.85. The van der Waals surface area contributed by atoms with E-state index in [1.54, 1.807) is 6.08 Å². The van der Waals surface area contributed by atoms with Gasteiger partial charge < -0.3 is 16.0 Å². The molecule has 1 heterocycles. The predicted molar refractivity (Wildman–Crippen MR) is 84.7 cm³/mol. The van der Waals surface area contributed by atoms with E-state index in [0.717, 1.165) is 5.56 Å². The standard InChI is InChI=1S/C16H22N4O/c1-3-9-18-16(17)19-11-13-10-14(21)20(2)15(13)12-7-5-4-6-8-12/h3-8,13,15H,1,9-11H2,2H3,(H3,17,18,19)/t13-,15-/m0/s1. The number of guanidine groups is 1. The highest BCUT2D eigenvalue weighted by Crippen LogP contribution is 2.36. The molecule has 21 heavy (non-hydrogen) atoms. The van der Waals surface area contributed by atoms with Crippen molar-refractivity contribution < 1.29 is 4.79 Å². The molecule has 0 spiro atoms. The Hall–Kier alpha value is -2.30. The van der Waals surface area contributed by atoms with Gasteiger partial charge in [-0.2, -0.15) is 0 Å². The number of nitrogens with two attached hydrogens (primary N) is 1. The van der Waals surface area contributed by atoms with Crippen LogP contribution in [0, 0.1) is 5.92 Å². The van der Waals surface area contributed by atoms with Crippen LogP contribution >= 0.6 is 0 Å². The van der Waals surface area contributed by atoms with Crippen LogP contribution in [0.1, 0.15) is 18.0 Å². The quantitative estimate of drug-likeness (QED) is 0.487. The lowest BCUT2D eigenvalue weighted by Crippen LogP contribution is -2.32. The average molecular weight is 286 g/mol. The molecule has 1 aliphatic rings. The molecule has 2 atom stereocenters. The number of rotatable bonds is 5. The highest BCUT2D eigenvalue weighted by molar-refractivity contribution is 5.80. The molecule has 0 saturated carbocycles. The third kappa shape index (κ3) is 3.62. The number of nitrogens with zero attached hydrogens (tertiary/aromatic N) is 2. The van der Waals surface area contributed by atoms with Gasteiger partial charge in [-0.1, -0.05) is 36.4 Å². The van der Waals surface area contributed by atoms with Crippen molar-refractivity contribution in [2.24, 2.45) is 16.6 Å². The average Bonchev–Trinajstić information content (AvgIpc) is 2.79. The van der Waals surface area contributed by atoms with Crippen molar-refractivity contribution in [3.05, 3.63) is 48.6 Å². The van der Waals surface area contributed by atoms with Gasteiger partial charge in [-0.25, -0.2) is 0 Å². The molecule has 0 unspecified atom stereocenters. The SMILES string of the molecule is C=CCNC(N)=NC[C@@H]1CC(=O)N(C)[C@H]1c1ccccc1. The zero-order chi connectivity index (χ0) is 15.2. The lowest BCUT2D eigenvalue weighted by atomic mass is 9.94. The molecule has 5 nitrogen and oxygen atoms in total. The third-order valence-electron chi connectivity index (χ3n) is 3.76. The zero-order valence-electron chi connectivity index (χ0n) is 12.3. The number of carbonyl (C=O) groups is 1. The molecule has 1 amide bonds. The van der Waals surface area contributed by atoms with Crippen LogP contribution < -0.4 is 11.1 Å². The number of nitrogens with one attached hydrogen (secondary N) is 1. The Morgan fingerprint density at radius 1 is 1.52 bits per heavy atom. The van der Waals surface area contributed by atoms with Crippen molar-refractivity contribution in [2.45, 2.75) is 12.5 Å². The number of amides is 1. The summed E-state index contributed by atoms with van der Waals surface area (Å²) in [5, 5.41) is 2.94. The van der Waals surface area contributed by atoms with E-state index in [1.165, 1.54) is 0 Å². The summed E-state index contributed by atoms with van der Waals surface area (Å²) in [6, 6.07) is 10.1. The number of hydrogen-bond donors (Lipinski definition) is 2. The Balaban J connectivity index is 2.10. The molecule has 0 aromatic heterocycles. The number of likely N-dealkylation sites (tertiary alicyclic amines) is 1. The van der Waals surface area contributed by atoms with Crippen LogP contribution in [0.5, 0.6) is 0 Å². The van der Waals surface area contributed by atoms with E-state index < -0.39 is 0 Å². The van der Waals surface area contributed by atoms with Gasteiger partial charge in [0, 0.05) is 32.5 Å². The highest BCUT2D eigenvalue weighted by Gasteiger charge is 2.38. The molecule has 1 saturated heterocycles. The first kappa shape index (κ1) is 15.1. The van der Waals surface area contributed by atoms with Gasteiger partial charge in [-0.3, -0.25) is 9.79 Å².